The molecule has 0 radical (unpaired) electrons. The number of ether oxygens (including phenoxy) is 1. The molecule has 1 atom stereocenters. The van der Waals surface area contributed by atoms with Gasteiger partial charge in [0.15, 0.2) is 0 Å². The van der Waals surface area contributed by atoms with Gasteiger partial charge in [0, 0.05) is 30.6 Å². The quantitative estimate of drug-likeness (QED) is 0.315. The number of nitrogens with zero attached hydrogens (tertiary/aromatic N) is 3. The number of dihydropyridines is 1. The van der Waals surface area contributed by atoms with E-state index in [-0.39, 0.29) is 25.3 Å². The number of nitrogens with two attached hydrogens (primary N) is 1. The summed E-state index contributed by atoms with van der Waals surface area (Å²) < 4.78 is 6.16. The van der Waals surface area contributed by atoms with Crippen LogP contribution in [0.15, 0.2) is 66.4 Å². The molecule has 4 aliphatic heterocycles. The molecule has 9 heteroatoms. The SMILES string of the molecule is NN1C(=O)CCC(N2Cc3c(OCc4ccc(CN5CCC(C6=CCNC=C6)CC5)cc4)cccc3C2=O)C1=O. The number of piperidine rings is 2. The van der Waals surface area contributed by atoms with Gasteiger partial charge in [-0.15, -0.1) is 0 Å². The van der Waals surface area contributed by atoms with Crippen LogP contribution >= 0.6 is 0 Å². The van der Waals surface area contributed by atoms with Crippen molar-refractivity contribution in [3.05, 3.63) is 88.6 Å². The number of likely N-dealkylation sites (tertiary alicyclic amines) is 1. The molecule has 4 aliphatic rings. The standard InChI is InChI=1S/C31H35N5O4/c32-36-29(37)9-8-27(31(36)39)35-19-26-25(30(35)38)2-1-3-28(26)40-20-22-6-4-21(5-7-22)18-34-16-12-24(13-17-34)23-10-14-33-15-11-23/h1-7,10-11,14,24,27,33H,8-9,12-13,15-20,32H2. The van der Waals surface area contributed by atoms with Crippen LogP contribution in [0.3, 0.4) is 0 Å². The Morgan fingerprint density at radius 2 is 1.75 bits per heavy atom. The minimum atomic E-state index is -0.743. The van der Waals surface area contributed by atoms with Crippen molar-refractivity contribution in [1.82, 2.24) is 20.1 Å². The Labute approximate surface area is 234 Å². The zero-order valence-corrected chi connectivity index (χ0v) is 22.6. The number of allylic oxidation sites excluding steroid dienone is 2. The van der Waals surface area contributed by atoms with Crippen LogP contribution in [0.25, 0.3) is 0 Å². The van der Waals surface area contributed by atoms with E-state index in [2.05, 4.69) is 52.8 Å². The molecule has 2 aromatic carbocycles. The number of hydrogen-bond donors (Lipinski definition) is 2. The van der Waals surface area contributed by atoms with Gasteiger partial charge in [-0.2, -0.15) is 0 Å². The predicted octanol–water partition coefficient (Wildman–Crippen LogP) is 2.87. The van der Waals surface area contributed by atoms with E-state index in [1.54, 1.807) is 12.1 Å². The van der Waals surface area contributed by atoms with Crippen molar-refractivity contribution in [2.24, 2.45) is 11.8 Å². The van der Waals surface area contributed by atoms with E-state index in [4.69, 9.17) is 10.6 Å². The van der Waals surface area contributed by atoms with Crippen molar-refractivity contribution in [1.29, 1.82) is 0 Å². The first-order chi connectivity index (χ1) is 19.5. The molecule has 0 aliphatic carbocycles. The molecule has 0 spiro atoms. The van der Waals surface area contributed by atoms with E-state index in [1.165, 1.54) is 28.9 Å². The average Bonchev–Trinajstić information content (AvgIpc) is 3.33. The van der Waals surface area contributed by atoms with Gasteiger partial charge in [-0.05, 0) is 79.4 Å². The number of benzene rings is 2. The van der Waals surface area contributed by atoms with Crippen LogP contribution < -0.4 is 15.9 Å². The van der Waals surface area contributed by atoms with Gasteiger partial charge in [0.25, 0.3) is 11.8 Å². The summed E-state index contributed by atoms with van der Waals surface area (Å²) in [5, 5.41) is 3.87. The maximum atomic E-state index is 13.1. The molecule has 0 bridgehead atoms. The molecule has 9 nitrogen and oxygen atoms in total. The van der Waals surface area contributed by atoms with E-state index in [0.29, 0.717) is 28.8 Å². The van der Waals surface area contributed by atoms with E-state index in [9.17, 15) is 14.4 Å². The summed E-state index contributed by atoms with van der Waals surface area (Å²) in [5.74, 6) is 5.72. The van der Waals surface area contributed by atoms with Crippen molar-refractivity contribution in [3.8, 4) is 5.75 Å². The number of nitrogens with one attached hydrogen (secondary N) is 1. The summed E-state index contributed by atoms with van der Waals surface area (Å²) in [5.41, 5.74) is 5.10. The van der Waals surface area contributed by atoms with Crippen LogP contribution in [0, 0.1) is 5.92 Å². The molecule has 6 rings (SSSR count). The highest BCUT2D eigenvalue weighted by Crippen LogP contribution is 2.34. The molecule has 2 saturated heterocycles. The Hall–Kier alpha value is -3.95. The third-order valence-electron chi connectivity index (χ3n) is 8.48. The number of hydrazine groups is 1. The Morgan fingerprint density at radius 3 is 2.50 bits per heavy atom. The van der Waals surface area contributed by atoms with Gasteiger partial charge in [-0.3, -0.25) is 19.3 Å². The van der Waals surface area contributed by atoms with E-state index in [1.807, 2.05) is 6.07 Å². The minimum absolute atomic E-state index is 0.137. The highest BCUT2D eigenvalue weighted by atomic mass is 16.5. The van der Waals surface area contributed by atoms with Gasteiger partial charge in [0.1, 0.15) is 18.4 Å². The van der Waals surface area contributed by atoms with Crippen LogP contribution in [0.1, 0.15) is 52.7 Å². The van der Waals surface area contributed by atoms with E-state index in [0.717, 1.165) is 37.3 Å². The van der Waals surface area contributed by atoms with Gasteiger partial charge < -0.3 is 15.0 Å². The maximum absolute atomic E-state index is 13.1. The lowest BCUT2D eigenvalue weighted by Crippen LogP contribution is -2.57. The van der Waals surface area contributed by atoms with Crippen LogP contribution in [0.4, 0.5) is 0 Å². The van der Waals surface area contributed by atoms with Gasteiger partial charge >= 0.3 is 0 Å². The summed E-state index contributed by atoms with van der Waals surface area (Å²) in [6, 6.07) is 13.2. The smallest absolute Gasteiger partial charge is 0.266 e. The molecule has 3 N–H and O–H groups in total. The normalized spacial score (nSPS) is 21.9. The summed E-state index contributed by atoms with van der Waals surface area (Å²) in [6.07, 6.45) is 9.40. The monoisotopic (exact) mass is 541 g/mol. The molecule has 4 heterocycles. The second-order valence-corrected chi connectivity index (χ2v) is 11.0. The van der Waals surface area contributed by atoms with Crippen LogP contribution in [0.5, 0.6) is 5.75 Å². The number of carbonyl (C=O) groups is 3. The van der Waals surface area contributed by atoms with E-state index >= 15 is 0 Å². The first-order valence-electron chi connectivity index (χ1n) is 14.1. The summed E-state index contributed by atoms with van der Waals surface area (Å²) in [6.45, 7) is 4.72. The Kier molecular flexibility index (Phi) is 7.40. The molecule has 208 valence electrons. The number of amides is 3. The molecule has 2 aromatic rings. The molecular weight excluding hydrogens is 506 g/mol. The van der Waals surface area contributed by atoms with Crippen molar-refractivity contribution in [3.63, 3.8) is 0 Å². The molecule has 0 saturated carbocycles. The number of imide groups is 1. The highest BCUT2D eigenvalue weighted by molar-refractivity contribution is 6.05. The average molecular weight is 542 g/mol. The van der Waals surface area contributed by atoms with E-state index < -0.39 is 17.9 Å². The second kappa shape index (κ2) is 11.3. The highest BCUT2D eigenvalue weighted by Gasteiger charge is 2.42. The summed E-state index contributed by atoms with van der Waals surface area (Å²) >= 11 is 0. The second-order valence-electron chi connectivity index (χ2n) is 11.0. The molecule has 0 aromatic heterocycles. The van der Waals surface area contributed by atoms with Crippen LogP contribution in [-0.4, -0.2) is 58.2 Å². The number of fused-ring (bicyclic) bond motifs is 1. The number of carbonyl (C=O) groups excluding carboxylic acids is 3. The number of hydrogen-bond acceptors (Lipinski definition) is 7. The third-order valence-corrected chi connectivity index (χ3v) is 8.48. The van der Waals surface area contributed by atoms with Crippen LogP contribution in [0.2, 0.25) is 0 Å². The lowest BCUT2D eigenvalue weighted by molar-refractivity contribution is -0.152. The molecule has 40 heavy (non-hydrogen) atoms. The lowest BCUT2D eigenvalue weighted by atomic mass is 9.88. The van der Waals surface area contributed by atoms with Gasteiger partial charge in [-0.1, -0.05) is 36.4 Å². The van der Waals surface area contributed by atoms with Crippen molar-refractivity contribution in [2.45, 2.75) is 51.4 Å². The van der Waals surface area contributed by atoms with Gasteiger partial charge in [0.2, 0.25) is 5.91 Å². The summed E-state index contributed by atoms with van der Waals surface area (Å²) in [4.78, 5) is 41.5. The zero-order valence-electron chi connectivity index (χ0n) is 22.6. The van der Waals surface area contributed by atoms with Crippen molar-refractivity contribution in [2.75, 3.05) is 19.6 Å². The van der Waals surface area contributed by atoms with Crippen molar-refractivity contribution < 1.29 is 19.1 Å². The Bertz CT molecular complexity index is 1360. The summed E-state index contributed by atoms with van der Waals surface area (Å²) in [7, 11) is 0. The van der Waals surface area contributed by atoms with Crippen molar-refractivity contribution >= 4 is 17.7 Å². The third kappa shape index (κ3) is 5.26. The van der Waals surface area contributed by atoms with Crippen LogP contribution in [-0.2, 0) is 29.3 Å². The molecule has 1 unspecified atom stereocenters. The first-order valence-corrected chi connectivity index (χ1v) is 14.1. The fourth-order valence-electron chi connectivity index (χ4n) is 6.15. The zero-order chi connectivity index (χ0) is 27.6. The minimum Gasteiger partial charge on any atom is -0.489 e. The maximum Gasteiger partial charge on any atom is 0.266 e. The molecule has 3 amide bonds. The Balaban J connectivity index is 1.03. The van der Waals surface area contributed by atoms with Gasteiger partial charge in [-0.25, -0.2) is 10.9 Å². The van der Waals surface area contributed by atoms with Gasteiger partial charge in [0.05, 0.1) is 6.54 Å². The topological polar surface area (TPSA) is 108 Å². The number of rotatable bonds is 7. The Morgan fingerprint density at radius 1 is 0.975 bits per heavy atom. The largest absolute Gasteiger partial charge is 0.489 e. The molecule has 2 fully saturated rings. The lowest BCUT2D eigenvalue weighted by Gasteiger charge is -2.33. The first kappa shape index (κ1) is 26.3. The fourth-order valence-corrected chi connectivity index (χ4v) is 6.15. The molecular formula is C31H35N5O4. The fraction of sp³-hybridized carbons (Fsp3) is 0.387. The predicted molar refractivity (Wildman–Crippen MR) is 149 cm³/mol.